The average molecular weight is 568 g/mol. The van der Waals surface area contributed by atoms with E-state index in [1.54, 1.807) is 31.2 Å². The molecule has 2 heterocycles. The van der Waals surface area contributed by atoms with Gasteiger partial charge in [0, 0.05) is 5.56 Å². The first-order chi connectivity index (χ1) is 20.0. The van der Waals surface area contributed by atoms with E-state index in [-0.39, 0.29) is 22.7 Å². The summed E-state index contributed by atoms with van der Waals surface area (Å²) < 4.78 is 2.52. The molecule has 5 aromatic rings. The number of rotatable bonds is 7. The van der Waals surface area contributed by atoms with E-state index in [1.807, 2.05) is 50.2 Å². The van der Waals surface area contributed by atoms with Crippen molar-refractivity contribution in [2.75, 3.05) is 27.7 Å². The molecule has 0 aliphatic heterocycles. The summed E-state index contributed by atoms with van der Waals surface area (Å²) in [7, 11) is 6.64. The Kier molecular flexibility index (Phi) is 9.12. The fourth-order valence-corrected chi connectivity index (χ4v) is 4.42. The van der Waals surface area contributed by atoms with E-state index >= 15 is 0 Å². The van der Waals surface area contributed by atoms with E-state index < -0.39 is 0 Å². The summed E-state index contributed by atoms with van der Waals surface area (Å²) >= 11 is 0. The van der Waals surface area contributed by atoms with Crippen molar-refractivity contribution < 1.29 is 9.59 Å². The fourth-order valence-electron chi connectivity index (χ4n) is 4.42. The van der Waals surface area contributed by atoms with E-state index in [0.29, 0.717) is 28.3 Å². The molecule has 42 heavy (non-hydrogen) atoms. The Morgan fingerprint density at radius 2 is 1.67 bits per heavy atom. The van der Waals surface area contributed by atoms with Crippen LogP contribution in [0.5, 0.6) is 5.75 Å². The van der Waals surface area contributed by atoms with E-state index in [4.69, 9.17) is 0 Å². The van der Waals surface area contributed by atoms with Crippen LogP contribution < -0.4 is 10.7 Å². The maximum atomic E-state index is 13.2. The van der Waals surface area contributed by atoms with Gasteiger partial charge in [-0.1, -0.05) is 49.1 Å². The lowest BCUT2D eigenvalue weighted by atomic mass is 10.0. The minimum atomic E-state index is -0.342. The highest BCUT2D eigenvalue weighted by molar-refractivity contribution is 5.78. The number of quaternary nitrogens is 1. The normalized spacial score (nSPS) is 11.5. The molecule has 5 rings (SSSR count). The molecule has 0 fully saturated rings. The number of nitrogens with one attached hydrogen (secondary N) is 2. The Labute approximate surface area is 245 Å². The minimum Gasteiger partial charge on any atom is -0.871 e. The van der Waals surface area contributed by atoms with E-state index in [1.165, 1.54) is 17.6 Å². The van der Waals surface area contributed by atoms with Crippen LogP contribution in [0.2, 0.25) is 0 Å². The van der Waals surface area contributed by atoms with Gasteiger partial charge in [-0.15, -0.1) is 15.3 Å². The maximum absolute atomic E-state index is 13.2. The van der Waals surface area contributed by atoms with Gasteiger partial charge in [0.05, 0.1) is 44.8 Å². The van der Waals surface area contributed by atoms with Crippen molar-refractivity contribution in [2.24, 2.45) is 10.2 Å². The predicted octanol–water partition coefficient (Wildman–Crippen LogP) is 5.53. The SMILES string of the molecule is CCC[N+](C)(C)C.Cc1ccc(-n2[nH]c(C)c(N=Nc3cccc(-c4cccc(-c5nn[nH]n5)c4)c3[O-])c2=O)cc1C. The van der Waals surface area contributed by atoms with Crippen LogP contribution >= 0.6 is 0 Å². The van der Waals surface area contributed by atoms with Gasteiger partial charge in [-0.25, -0.2) is 4.68 Å². The summed E-state index contributed by atoms with van der Waals surface area (Å²) in [5, 5.41) is 38.4. The van der Waals surface area contributed by atoms with Gasteiger partial charge in [0.15, 0.2) is 5.69 Å². The molecule has 0 unspecified atom stereocenters. The molecule has 11 nitrogen and oxygen atoms in total. The third-order valence-electron chi connectivity index (χ3n) is 6.71. The number of H-pyrrole nitrogens is 2. The van der Waals surface area contributed by atoms with Crippen molar-refractivity contribution in [3.63, 3.8) is 0 Å². The van der Waals surface area contributed by atoms with Crippen LogP contribution in [0.25, 0.3) is 28.2 Å². The summed E-state index contributed by atoms with van der Waals surface area (Å²) in [5.74, 6) is 0.127. The van der Waals surface area contributed by atoms with Gasteiger partial charge in [-0.2, -0.15) is 10.3 Å². The van der Waals surface area contributed by atoms with Crippen molar-refractivity contribution in [3.8, 4) is 34.0 Å². The fraction of sp³-hybridized carbons (Fsp3) is 0.290. The van der Waals surface area contributed by atoms with Gasteiger partial charge in [0.2, 0.25) is 5.82 Å². The molecule has 0 spiro atoms. The van der Waals surface area contributed by atoms with Crippen molar-refractivity contribution in [2.45, 2.75) is 34.1 Å². The first-order valence-corrected chi connectivity index (χ1v) is 13.7. The molecule has 3 aromatic carbocycles. The Morgan fingerprint density at radius 3 is 2.31 bits per heavy atom. The zero-order valence-corrected chi connectivity index (χ0v) is 25.1. The number of aryl methyl sites for hydroxylation is 3. The van der Waals surface area contributed by atoms with Crippen LogP contribution in [0.15, 0.2) is 75.7 Å². The van der Waals surface area contributed by atoms with Gasteiger partial charge in [-0.3, -0.25) is 9.89 Å². The molecule has 11 heteroatoms. The summed E-state index contributed by atoms with van der Waals surface area (Å²) in [6.45, 7) is 9.23. The van der Waals surface area contributed by atoms with Gasteiger partial charge in [0.1, 0.15) is 0 Å². The average Bonchev–Trinajstić information content (AvgIpc) is 3.58. The number of hydrogen-bond acceptors (Lipinski definition) is 7. The molecule has 0 aliphatic rings. The van der Waals surface area contributed by atoms with Crippen LogP contribution in [0.4, 0.5) is 11.4 Å². The first kappa shape index (κ1) is 30.1. The van der Waals surface area contributed by atoms with Crippen molar-refractivity contribution >= 4 is 11.4 Å². The van der Waals surface area contributed by atoms with E-state index in [9.17, 15) is 9.90 Å². The number of azo groups is 1. The zero-order valence-electron chi connectivity index (χ0n) is 25.1. The second kappa shape index (κ2) is 12.7. The first-order valence-electron chi connectivity index (χ1n) is 13.7. The number of para-hydroxylation sites is 1. The molecular formula is C31H37N9O2. The highest BCUT2D eigenvalue weighted by Crippen LogP contribution is 2.36. The third-order valence-corrected chi connectivity index (χ3v) is 6.71. The van der Waals surface area contributed by atoms with Crippen LogP contribution in [0, 0.1) is 20.8 Å². The Bertz CT molecular complexity index is 1740. The molecule has 0 amide bonds. The summed E-state index contributed by atoms with van der Waals surface area (Å²) in [6.07, 6.45) is 1.28. The van der Waals surface area contributed by atoms with Crippen molar-refractivity contribution in [1.29, 1.82) is 0 Å². The lowest BCUT2D eigenvalue weighted by Crippen LogP contribution is -2.34. The van der Waals surface area contributed by atoms with E-state index in [2.05, 4.69) is 64.0 Å². The monoisotopic (exact) mass is 567 g/mol. The molecule has 218 valence electrons. The number of tetrazole rings is 1. The largest absolute Gasteiger partial charge is 0.871 e. The van der Waals surface area contributed by atoms with Gasteiger partial charge < -0.3 is 9.59 Å². The Hall–Kier alpha value is -4.90. The third kappa shape index (κ3) is 7.05. The topological polar surface area (TPSA) is 140 Å². The molecule has 2 aromatic heterocycles. The minimum absolute atomic E-state index is 0.130. The van der Waals surface area contributed by atoms with Gasteiger partial charge in [0.25, 0.3) is 5.56 Å². The van der Waals surface area contributed by atoms with Crippen molar-refractivity contribution in [3.05, 3.63) is 87.8 Å². The van der Waals surface area contributed by atoms with Gasteiger partial charge >= 0.3 is 0 Å². The molecule has 0 radical (unpaired) electrons. The molecule has 0 atom stereocenters. The smallest absolute Gasteiger partial charge is 0.299 e. The lowest BCUT2D eigenvalue weighted by Gasteiger charge is -2.22. The Morgan fingerprint density at radius 1 is 0.929 bits per heavy atom. The predicted molar refractivity (Wildman–Crippen MR) is 162 cm³/mol. The molecule has 0 saturated carbocycles. The Balaban J connectivity index is 0.000000517. The molecule has 2 N–H and O–H groups in total. The van der Waals surface area contributed by atoms with Gasteiger partial charge in [-0.05, 0) is 78.9 Å². The van der Waals surface area contributed by atoms with Crippen LogP contribution in [-0.4, -0.2) is 62.6 Å². The number of hydrogen-bond donors (Lipinski definition) is 2. The highest BCUT2D eigenvalue weighted by atomic mass is 16.3. The second-order valence-electron chi connectivity index (χ2n) is 11.2. The highest BCUT2D eigenvalue weighted by Gasteiger charge is 2.13. The number of benzene rings is 3. The second-order valence-corrected chi connectivity index (χ2v) is 11.2. The molecule has 0 aliphatic carbocycles. The maximum Gasteiger partial charge on any atom is 0.299 e. The van der Waals surface area contributed by atoms with Crippen molar-refractivity contribution in [1.82, 2.24) is 30.4 Å². The van der Waals surface area contributed by atoms with Crippen LogP contribution in [0.1, 0.15) is 30.2 Å². The summed E-state index contributed by atoms with van der Waals surface area (Å²) in [6, 6.07) is 18.0. The number of aromatic amines is 2. The standard InChI is InChI=1S/C25H22N8O2.C6H16N/c1-14-10-11-19(12-15(14)2)33-25(35)22(16(3)30-33)27-26-21-9-5-8-20(23(21)34)17-6-4-7-18(13-17)24-28-31-32-29-24;1-5-6-7(2,3)4/h4-13,30,34H,1-3H3,(H,28,29,31,32);5-6H2,1-4H3/q;+1/p-1. The van der Waals surface area contributed by atoms with Crippen LogP contribution in [-0.2, 0) is 0 Å². The number of nitrogens with zero attached hydrogens (tertiary/aromatic N) is 7. The lowest BCUT2D eigenvalue weighted by molar-refractivity contribution is -0.870. The molecule has 0 bridgehead atoms. The van der Waals surface area contributed by atoms with Crippen LogP contribution in [0.3, 0.4) is 0 Å². The number of aromatic nitrogens is 6. The summed E-state index contributed by atoms with van der Waals surface area (Å²) in [4.78, 5) is 13.0. The quantitative estimate of drug-likeness (QED) is 0.197. The summed E-state index contributed by atoms with van der Waals surface area (Å²) in [5.41, 5.74) is 5.25. The molecule has 0 saturated heterocycles. The van der Waals surface area contributed by atoms with E-state index in [0.717, 1.165) is 21.2 Å². The molecular weight excluding hydrogens is 530 g/mol. The zero-order chi connectivity index (χ0) is 30.4.